The molecule has 1 aromatic heterocycles. The minimum absolute atomic E-state index is 0.0455. The zero-order chi connectivity index (χ0) is 15.1. The van der Waals surface area contributed by atoms with E-state index >= 15 is 0 Å². The van der Waals surface area contributed by atoms with E-state index in [0.29, 0.717) is 21.1 Å². The standard InChI is InChI=1S/C14H9Cl2F2N3/c15-9-4-12-13(5-10(9)16)21(14(19)20-12)6-7-3-8(17)1-2-11(7)18/h1-5H,6H2,(H2,19,20). The molecule has 0 unspecified atom stereocenters. The quantitative estimate of drug-likeness (QED) is 0.764. The van der Waals surface area contributed by atoms with Gasteiger partial charge in [-0.15, -0.1) is 0 Å². The Labute approximate surface area is 128 Å². The summed E-state index contributed by atoms with van der Waals surface area (Å²) in [6, 6.07) is 6.43. The van der Waals surface area contributed by atoms with E-state index in [9.17, 15) is 8.78 Å². The fraction of sp³-hybridized carbons (Fsp3) is 0.0714. The first-order valence-electron chi connectivity index (χ1n) is 6.00. The van der Waals surface area contributed by atoms with Crippen molar-refractivity contribution in [2.45, 2.75) is 6.54 Å². The van der Waals surface area contributed by atoms with Gasteiger partial charge in [0.25, 0.3) is 0 Å². The second kappa shape index (κ2) is 5.16. The molecule has 0 aliphatic rings. The van der Waals surface area contributed by atoms with Crippen LogP contribution in [0.15, 0.2) is 30.3 Å². The van der Waals surface area contributed by atoms with Crippen LogP contribution in [0.25, 0.3) is 11.0 Å². The maximum atomic E-state index is 13.7. The Morgan fingerprint density at radius 1 is 1.10 bits per heavy atom. The second-order valence-electron chi connectivity index (χ2n) is 4.55. The Morgan fingerprint density at radius 3 is 2.57 bits per heavy atom. The van der Waals surface area contributed by atoms with E-state index < -0.39 is 11.6 Å². The van der Waals surface area contributed by atoms with Crippen LogP contribution in [0.3, 0.4) is 0 Å². The number of nitrogens with zero attached hydrogens (tertiary/aromatic N) is 2. The first-order chi connectivity index (χ1) is 9.95. The monoisotopic (exact) mass is 327 g/mol. The molecule has 108 valence electrons. The van der Waals surface area contributed by atoms with Gasteiger partial charge < -0.3 is 10.3 Å². The van der Waals surface area contributed by atoms with Crippen LogP contribution in [-0.2, 0) is 6.54 Å². The fourth-order valence-corrected chi connectivity index (χ4v) is 2.46. The summed E-state index contributed by atoms with van der Waals surface area (Å²) < 4.78 is 28.5. The van der Waals surface area contributed by atoms with Crippen LogP contribution in [0.4, 0.5) is 14.7 Å². The van der Waals surface area contributed by atoms with Gasteiger partial charge in [0.2, 0.25) is 5.95 Å². The molecule has 0 fully saturated rings. The molecule has 0 atom stereocenters. The minimum Gasteiger partial charge on any atom is -0.369 e. The SMILES string of the molecule is Nc1nc2cc(Cl)c(Cl)cc2n1Cc1cc(F)ccc1F. The molecule has 0 spiro atoms. The van der Waals surface area contributed by atoms with Crippen LogP contribution in [0.5, 0.6) is 0 Å². The van der Waals surface area contributed by atoms with Gasteiger partial charge in [0.05, 0.1) is 27.6 Å². The van der Waals surface area contributed by atoms with Gasteiger partial charge in [-0.1, -0.05) is 23.2 Å². The molecule has 0 amide bonds. The molecule has 0 saturated carbocycles. The van der Waals surface area contributed by atoms with Gasteiger partial charge in [-0.25, -0.2) is 13.8 Å². The number of aromatic nitrogens is 2. The molecule has 0 radical (unpaired) electrons. The van der Waals surface area contributed by atoms with Gasteiger partial charge in [0.15, 0.2) is 0 Å². The molecule has 0 bridgehead atoms. The summed E-state index contributed by atoms with van der Waals surface area (Å²) in [5.41, 5.74) is 7.15. The molecule has 0 saturated heterocycles. The highest BCUT2D eigenvalue weighted by molar-refractivity contribution is 6.42. The topological polar surface area (TPSA) is 43.8 Å². The Hall–Kier alpha value is -1.85. The zero-order valence-corrected chi connectivity index (χ0v) is 12.1. The van der Waals surface area contributed by atoms with Crippen molar-refractivity contribution in [2.75, 3.05) is 5.73 Å². The maximum Gasteiger partial charge on any atom is 0.201 e. The summed E-state index contributed by atoms with van der Waals surface area (Å²) in [6.07, 6.45) is 0. The molecule has 3 aromatic rings. The predicted octanol–water partition coefficient (Wildman–Crippen LogP) is 4.25. The van der Waals surface area contributed by atoms with Crippen molar-refractivity contribution >= 4 is 40.2 Å². The van der Waals surface area contributed by atoms with Crippen LogP contribution >= 0.6 is 23.2 Å². The van der Waals surface area contributed by atoms with Crippen LogP contribution < -0.4 is 5.73 Å². The molecular weight excluding hydrogens is 319 g/mol. The number of rotatable bonds is 2. The van der Waals surface area contributed by atoms with Gasteiger partial charge >= 0.3 is 0 Å². The highest BCUT2D eigenvalue weighted by Gasteiger charge is 2.13. The first-order valence-corrected chi connectivity index (χ1v) is 6.76. The van der Waals surface area contributed by atoms with Gasteiger partial charge in [0, 0.05) is 5.56 Å². The summed E-state index contributed by atoms with van der Waals surface area (Å²) in [4.78, 5) is 4.14. The minimum atomic E-state index is -0.518. The predicted molar refractivity (Wildman–Crippen MR) is 79.6 cm³/mol. The first kappa shape index (κ1) is 14.1. The van der Waals surface area contributed by atoms with Crippen molar-refractivity contribution < 1.29 is 8.78 Å². The summed E-state index contributed by atoms with van der Waals surface area (Å²) in [5, 5.41) is 0.691. The summed E-state index contributed by atoms with van der Waals surface area (Å²) >= 11 is 11.9. The molecule has 3 nitrogen and oxygen atoms in total. The second-order valence-corrected chi connectivity index (χ2v) is 5.36. The van der Waals surface area contributed by atoms with Crippen molar-refractivity contribution in [3.05, 3.63) is 57.6 Å². The lowest BCUT2D eigenvalue weighted by molar-refractivity contribution is 0.579. The van der Waals surface area contributed by atoms with Crippen molar-refractivity contribution in [1.29, 1.82) is 0 Å². The van der Waals surface area contributed by atoms with Gasteiger partial charge in [0.1, 0.15) is 11.6 Å². The lowest BCUT2D eigenvalue weighted by atomic mass is 10.2. The lowest BCUT2D eigenvalue weighted by Gasteiger charge is -2.08. The Bertz CT molecular complexity index is 846. The summed E-state index contributed by atoms with van der Waals surface area (Å²) in [6.45, 7) is 0.0455. The van der Waals surface area contributed by atoms with Gasteiger partial charge in [-0.2, -0.15) is 0 Å². The Morgan fingerprint density at radius 2 is 1.81 bits per heavy atom. The smallest absolute Gasteiger partial charge is 0.201 e. The molecule has 7 heteroatoms. The van der Waals surface area contributed by atoms with E-state index in [0.717, 1.165) is 18.2 Å². The number of fused-ring (bicyclic) bond motifs is 1. The van der Waals surface area contributed by atoms with Crippen molar-refractivity contribution in [1.82, 2.24) is 9.55 Å². The average Bonchev–Trinajstić information content (AvgIpc) is 2.71. The molecule has 0 aliphatic heterocycles. The zero-order valence-electron chi connectivity index (χ0n) is 10.6. The number of hydrogen-bond acceptors (Lipinski definition) is 2. The number of halogens is 4. The third-order valence-electron chi connectivity index (χ3n) is 3.16. The number of nitrogen functional groups attached to an aromatic ring is 1. The van der Waals surface area contributed by atoms with E-state index in [-0.39, 0.29) is 18.1 Å². The summed E-state index contributed by atoms with van der Waals surface area (Å²) in [5.74, 6) is -0.861. The summed E-state index contributed by atoms with van der Waals surface area (Å²) in [7, 11) is 0. The molecular formula is C14H9Cl2F2N3. The van der Waals surface area contributed by atoms with Gasteiger partial charge in [-0.05, 0) is 30.3 Å². The largest absolute Gasteiger partial charge is 0.369 e. The molecule has 2 N–H and O–H groups in total. The molecule has 0 aliphatic carbocycles. The Kier molecular flexibility index (Phi) is 3.47. The molecule has 3 rings (SSSR count). The van der Waals surface area contributed by atoms with Crippen molar-refractivity contribution in [3.63, 3.8) is 0 Å². The third kappa shape index (κ3) is 2.54. The lowest BCUT2D eigenvalue weighted by Crippen LogP contribution is -2.06. The normalized spacial score (nSPS) is 11.2. The number of nitrogens with two attached hydrogens (primary N) is 1. The van der Waals surface area contributed by atoms with Gasteiger partial charge in [-0.3, -0.25) is 0 Å². The van der Waals surface area contributed by atoms with E-state index in [1.807, 2.05) is 0 Å². The highest BCUT2D eigenvalue weighted by Crippen LogP contribution is 2.29. The van der Waals surface area contributed by atoms with Crippen LogP contribution in [-0.4, -0.2) is 9.55 Å². The number of hydrogen-bond donors (Lipinski definition) is 1. The van der Waals surface area contributed by atoms with E-state index in [1.165, 1.54) is 0 Å². The average molecular weight is 328 g/mol. The van der Waals surface area contributed by atoms with E-state index in [4.69, 9.17) is 28.9 Å². The fourth-order valence-electron chi connectivity index (χ4n) is 2.14. The van der Waals surface area contributed by atoms with Crippen LogP contribution in [0.1, 0.15) is 5.56 Å². The highest BCUT2D eigenvalue weighted by atomic mass is 35.5. The number of benzene rings is 2. The van der Waals surface area contributed by atoms with E-state index in [2.05, 4.69) is 4.98 Å². The maximum absolute atomic E-state index is 13.7. The van der Waals surface area contributed by atoms with E-state index in [1.54, 1.807) is 16.7 Å². The molecule has 21 heavy (non-hydrogen) atoms. The molecule has 1 heterocycles. The van der Waals surface area contributed by atoms with Crippen LogP contribution in [0, 0.1) is 11.6 Å². The van der Waals surface area contributed by atoms with Crippen LogP contribution in [0.2, 0.25) is 10.0 Å². The van der Waals surface area contributed by atoms with Crippen molar-refractivity contribution in [3.8, 4) is 0 Å². The molecule has 2 aromatic carbocycles. The Balaban J connectivity index is 2.14. The number of imidazole rings is 1. The van der Waals surface area contributed by atoms with Crippen molar-refractivity contribution in [2.24, 2.45) is 0 Å². The third-order valence-corrected chi connectivity index (χ3v) is 3.88. The number of anilines is 1.